The van der Waals surface area contributed by atoms with Gasteiger partial charge in [0.1, 0.15) is 0 Å². The van der Waals surface area contributed by atoms with Gasteiger partial charge in [-0.05, 0) is 23.8 Å². The van der Waals surface area contributed by atoms with E-state index in [-0.39, 0.29) is 0 Å². The molecule has 0 aliphatic heterocycles. The Kier molecular flexibility index (Phi) is 1.79. The molecule has 0 radical (unpaired) electrons. The lowest BCUT2D eigenvalue weighted by atomic mass is 10.2. The Morgan fingerprint density at radius 3 is 2.83 bits per heavy atom. The third kappa shape index (κ3) is 1.09. The van der Waals surface area contributed by atoms with Crippen LogP contribution >= 0.6 is 11.6 Å². The fourth-order valence-electron chi connectivity index (χ4n) is 1.30. The molecule has 0 spiro atoms. The molecule has 0 unspecified atom stereocenters. The van der Waals surface area contributed by atoms with Crippen LogP contribution in [0.25, 0.3) is 5.52 Å². The summed E-state index contributed by atoms with van der Waals surface area (Å²) in [4.78, 5) is 0. The van der Waals surface area contributed by atoms with E-state index in [0.717, 1.165) is 16.1 Å². The molecule has 2 heterocycles. The third-order valence-corrected chi connectivity index (χ3v) is 2.17. The van der Waals surface area contributed by atoms with Crippen LogP contribution in [0.3, 0.4) is 0 Å². The molecule has 0 saturated carbocycles. The first-order valence-electron chi connectivity index (χ1n) is 3.76. The summed E-state index contributed by atoms with van der Waals surface area (Å²) in [6.45, 7) is 0.552. The molecule has 0 saturated heterocycles. The molecule has 2 aromatic heterocycles. The van der Waals surface area contributed by atoms with E-state index in [4.69, 9.17) is 17.3 Å². The fourth-order valence-corrected chi connectivity index (χ4v) is 1.46. The molecular weight excluding hydrogens is 172 g/mol. The van der Waals surface area contributed by atoms with Gasteiger partial charge in [0.15, 0.2) is 0 Å². The predicted octanol–water partition coefficient (Wildman–Crippen LogP) is 2.05. The molecule has 2 N–H and O–H groups in total. The van der Waals surface area contributed by atoms with E-state index in [0.29, 0.717) is 6.54 Å². The Morgan fingerprint density at radius 1 is 1.33 bits per heavy atom. The van der Waals surface area contributed by atoms with Gasteiger partial charge in [-0.15, -0.1) is 0 Å². The first-order valence-corrected chi connectivity index (χ1v) is 4.14. The minimum atomic E-state index is 0.552. The first-order chi connectivity index (χ1) is 5.81. The predicted molar refractivity (Wildman–Crippen MR) is 50.3 cm³/mol. The van der Waals surface area contributed by atoms with Crippen LogP contribution in [0.15, 0.2) is 30.6 Å². The van der Waals surface area contributed by atoms with Gasteiger partial charge < -0.3 is 10.1 Å². The molecule has 12 heavy (non-hydrogen) atoms. The number of nitrogens with two attached hydrogens (primary N) is 1. The zero-order valence-electron chi connectivity index (χ0n) is 6.50. The monoisotopic (exact) mass is 180 g/mol. The van der Waals surface area contributed by atoms with Crippen LogP contribution in [0.5, 0.6) is 0 Å². The number of fused-ring (bicyclic) bond motifs is 1. The van der Waals surface area contributed by atoms with Crippen LogP contribution in [0.2, 0.25) is 5.02 Å². The van der Waals surface area contributed by atoms with Gasteiger partial charge in [0.25, 0.3) is 0 Å². The minimum absolute atomic E-state index is 0.552. The second kappa shape index (κ2) is 2.81. The van der Waals surface area contributed by atoms with E-state index < -0.39 is 0 Å². The molecule has 2 rings (SSSR count). The van der Waals surface area contributed by atoms with Gasteiger partial charge in [-0.1, -0.05) is 11.6 Å². The molecule has 0 amide bonds. The number of aromatic nitrogens is 1. The van der Waals surface area contributed by atoms with E-state index in [1.165, 1.54) is 0 Å². The number of nitrogens with zero attached hydrogens (tertiary/aromatic N) is 1. The summed E-state index contributed by atoms with van der Waals surface area (Å²) in [5.41, 5.74) is 7.76. The van der Waals surface area contributed by atoms with Gasteiger partial charge in [0, 0.05) is 24.0 Å². The quantitative estimate of drug-likeness (QED) is 0.716. The number of pyridine rings is 1. The molecular formula is C9H9ClN2. The molecule has 2 aromatic rings. The van der Waals surface area contributed by atoms with Gasteiger partial charge >= 0.3 is 0 Å². The Balaban J connectivity index is 2.75. The normalized spacial score (nSPS) is 10.8. The maximum absolute atomic E-state index is 5.85. The number of hydrogen-bond donors (Lipinski definition) is 1. The van der Waals surface area contributed by atoms with Crippen molar-refractivity contribution in [3.8, 4) is 0 Å². The van der Waals surface area contributed by atoms with Crippen molar-refractivity contribution in [1.82, 2.24) is 4.40 Å². The topological polar surface area (TPSA) is 30.4 Å². The molecule has 62 valence electrons. The molecule has 0 atom stereocenters. The van der Waals surface area contributed by atoms with Crippen molar-refractivity contribution in [3.05, 3.63) is 41.2 Å². The van der Waals surface area contributed by atoms with Crippen LogP contribution in [-0.2, 0) is 6.54 Å². The maximum Gasteiger partial charge on any atom is 0.0509 e. The van der Waals surface area contributed by atoms with Crippen LogP contribution in [0.4, 0.5) is 0 Å². The van der Waals surface area contributed by atoms with Crippen LogP contribution in [-0.4, -0.2) is 4.40 Å². The number of halogens is 1. The summed E-state index contributed by atoms with van der Waals surface area (Å²) in [6, 6.07) is 5.78. The summed E-state index contributed by atoms with van der Waals surface area (Å²) >= 11 is 5.85. The standard InChI is InChI=1S/C9H9ClN2/c10-8-2-4-12-3-1-7(6-11)9(12)5-8/h1-5H,6,11H2. The zero-order chi connectivity index (χ0) is 8.55. The van der Waals surface area contributed by atoms with Crippen molar-refractivity contribution >= 4 is 17.1 Å². The highest BCUT2D eigenvalue weighted by Crippen LogP contribution is 2.16. The summed E-state index contributed by atoms with van der Waals surface area (Å²) in [6.07, 6.45) is 3.91. The van der Waals surface area contributed by atoms with Crippen LogP contribution < -0.4 is 5.73 Å². The lowest BCUT2D eigenvalue weighted by Crippen LogP contribution is -1.95. The van der Waals surface area contributed by atoms with E-state index in [9.17, 15) is 0 Å². The highest BCUT2D eigenvalue weighted by Gasteiger charge is 1.99. The van der Waals surface area contributed by atoms with Crippen LogP contribution in [0.1, 0.15) is 5.56 Å². The smallest absolute Gasteiger partial charge is 0.0509 e. The van der Waals surface area contributed by atoms with Gasteiger partial charge in [0.2, 0.25) is 0 Å². The van der Waals surface area contributed by atoms with Crippen molar-refractivity contribution in [2.45, 2.75) is 6.54 Å². The average molecular weight is 181 g/mol. The highest BCUT2D eigenvalue weighted by molar-refractivity contribution is 6.30. The van der Waals surface area contributed by atoms with Crippen molar-refractivity contribution in [2.75, 3.05) is 0 Å². The van der Waals surface area contributed by atoms with Crippen molar-refractivity contribution < 1.29 is 0 Å². The molecule has 0 aromatic carbocycles. The fraction of sp³-hybridized carbons (Fsp3) is 0.111. The second-order valence-corrected chi connectivity index (χ2v) is 3.12. The van der Waals surface area contributed by atoms with Crippen molar-refractivity contribution in [2.24, 2.45) is 5.73 Å². The zero-order valence-corrected chi connectivity index (χ0v) is 7.25. The Morgan fingerprint density at radius 2 is 2.08 bits per heavy atom. The van der Waals surface area contributed by atoms with Gasteiger partial charge in [-0.2, -0.15) is 0 Å². The van der Waals surface area contributed by atoms with Gasteiger partial charge in [0.05, 0.1) is 5.52 Å². The largest absolute Gasteiger partial charge is 0.326 e. The third-order valence-electron chi connectivity index (χ3n) is 1.93. The van der Waals surface area contributed by atoms with E-state index in [1.54, 1.807) is 0 Å². The number of hydrogen-bond acceptors (Lipinski definition) is 1. The minimum Gasteiger partial charge on any atom is -0.326 e. The van der Waals surface area contributed by atoms with Gasteiger partial charge in [-0.25, -0.2) is 0 Å². The summed E-state index contributed by atoms with van der Waals surface area (Å²) in [7, 11) is 0. The SMILES string of the molecule is NCc1ccn2ccc(Cl)cc12. The molecule has 0 bridgehead atoms. The van der Waals surface area contributed by atoms with E-state index in [1.807, 2.05) is 35.0 Å². The summed E-state index contributed by atoms with van der Waals surface area (Å²) in [5.74, 6) is 0. The molecule has 0 fully saturated rings. The Labute approximate surface area is 75.6 Å². The summed E-state index contributed by atoms with van der Waals surface area (Å²) in [5, 5.41) is 0.746. The van der Waals surface area contributed by atoms with E-state index in [2.05, 4.69) is 0 Å². The van der Waals surface area contributed by atoms with E-state index >= 15 is 0 Å². The summed E-state index contributed by atoms with van der Waals surface area (Å²) < 4.78 is 2.01. The maximum atomic E-state index is 5.85. The van der Waals surface area contributed by atoms with Crippen LogP contribution in [0, 0.1) is 0 Å². The highest BCUT2D eigenvalue weighted by atomic mass is 35.5. The Bertz CT molecular complexity index is 406. The van der Waals surface area contributed by atoms with Crippen molar-refractivity contribution in [1.29, 1.82) is 0 Å². The van der Waals surface area contributed by atoms with Crippen molar-refractivity contribution in [3.63, 3.8) is 0 Å². The molecule has 0 aliphatic carbocycles. The lowest BCUT2D eigenvalue weighted by molar-refractivity contribution is 1.08. The van der Waals surface area contributed by atoms with Gasteiger partial charge in [-0.3, -0.25) is 0 Å². The molecule has 2 nitrogen and oxygen atoms in total. The molecule has 0 aliphatic rings. The average Bonchev–Trinajstić information content (AvgIpc) is 2.46. The number of rotatable bonds is 1. The first kappa shape index (κ1) is 7.65. The Hall–Kier alpha value is -0.990. The second-order valence-electron chi connectivity index (χ2n) is 2.68. The lowest BCUT2D eigenvalue weighted by Gasteiger charge is -1.97. The molecule has 3 heteroatoms.